The maximum absolute atomic E-state index is 12.7. The molecule has 25 heavy (non-hydrogen) atoms. The van der Waals surface area contributed by atoms with Crippen LogP contribution >= 0.6 is 0 Å². The van der Waals surface area contributed by atoms with Crippen LogP contribution in [0, 0.1) is 11.3 Å². The third-order valence-corrected chi connectivity index (χ3v) is 4.05. The highest BCUT2D eigenvalue weighted by atomic mass is 16.2. The quantitative estimate of drug-likeness (QED) is 0.695. The molecular weight excluding hydrogens is 316 g/mol. The Balaban J connectivity index is 1.99. The van der Waals surface area contributed by atoms with E-state index in [0.29, 0.717) is 17.2 Å². The molecule has 0 atom stereocenters. The lowest BCUT2D eigenvalue weighted by Crippen LogP contribution is -2.27. The summed E-state index contributed by atoms with van der Waals surface area (Å²) in [5.41, 5.74) is 1.31. The maximum atomic E-state index is 12.7. The van der Waals surface area contributed by atoms with Crippen LogP contribution < -0.4 is 10.2 Å². The van der Waals surface area contributed by atoms with Crippen LogP contribution in [0.1, 0.15) is 12.1 Å². The molecule has 1 aliphatic rings. The van der Waals surface area contributed by atoms with Crippen molar-refractivity contribution in [1.29, 1.82) is 5.26 Å². The van der Waals surface area contributed by atoms with Crippen molar-refractivity contribution in [3.63, 3.8) is 0 Å². The summed E-state index contributed by atoms with van der Waals surface area (Å²) in [5.74, 6) is -0.451. The SMILES string of the molecule is N#Cc1cccc(N2C(=O)CC(=O)Nc3c2ccc2ccccc32)n1. The van der Waals surface area contributed by atoms with E-state index in [4.69, 9.17) is 5.26 Å². The minimum atomic E-state index is -0.394. The van der Waals surface area contributed by atoms with Crippen molar-refractivity contribution < 1.29 is 9.59 Å². The molecule has 2 amide bonds. The third-order valence-electron chi connectivity index (χ3n) is 4.05. The van der Waals surface area contributed by atoms with Gasteiger partial charge in [-0.1, -0.05) is 36.4 Å². The van der Waals surface area contributed by atoms with Crippen LogP contribution in [0.25, 0.3) is 10.8 Å². The first-order valence-corrected chi connectivity index (χ1v) is 7.69. The van der Waals surface area contributed by atoms with E-state index in [1.807, 2.05) is 36.4 Å². The third kappa shape index (κ3) is 2.48. The zero-order valence-corrected chi connectivity index (χ0v) is 13.1. The molecule has 1 aliphatic heterocycles. The summed E-state index contributed by atoms with van der Waals surface area (Å²) in [5, 5.41) is 13.7. The Labute approximate surface area is 143 Å². The number of carbonyl (C=O) groups is 2. The van der Waals surface area contributed by atoms with Gasteiger partial charge < -0.3 is 5.32 Å². The zero-order valence-electron chi connectivity index (χ0n) is 13.1. The highest BCUT2D eigenvalue weighted by Gasteiger charge is 2.29. The van der Waals surface area contributed by atoms with E-state index in [9.17, 15) is 9.59 Å². The smallest absolute Gasteiger partial charge is 0.242 e. The lowest BCUT2D eigenvalue weighted by molar-refractivity contribution is -0.124. The molecule has 2 heterocycles. The molecule has 0 unspecified atom stereocenters. The molecule has 6 heteroatoms. The summed E-state index contributed by atoms with van der Waals surface area (Å²) in [6.07, 6.45) is -0.290. The van der Waals surface area contributed by atoms with Crippen molar-refractivity contribution in [3.05, 3.63) is 60.3 Å². The summed E-state index contributed by atoms with van der Waals surface area (Å²) in [4.78, 5) is 30.4. The number of benzene rings is 2. The van der Waals surface area contributed by atoms with Crippen LogP contribution in [0.4, 0.5) is 17.2 Å². The van der Waals surface area contributed by atoms with Gasteiger partial charge in [-0.3, -0.25) is 14.5 Å². The van der Waals surface area contributed by atoms with E-state index in [1.54, 1.807) is 24.3 Å². The Morgan fingerprint density at radius 3 is 2.72 bits per heavy atom. The molecule has 2 aromatic carbocycles. The number of nitrogens with zero attached hydrogens (tertiary/aromatic N) is 3. The highest BCUT2D eigenvalue weighted by molar-refractivity contribution is 6.20. The lowest BCUT2D eigenvalue weighted by Gasteiger charge is -2.22. The molecule has 1 N–H and O–H groups in total. The van der Waals surface area contributed by atoms with Gasteiger partial charge in [0, 0.05) is 5.39 Å². The van der Waals surface area contributed by atoms with Crippen LogP contribution in [-0.4, -0.2) is 16.8 Å². The summed E-state index contributed by atoms with van der Waals surface area (Å²) >= 11 is 0. The van der Waals surface area contributed by atoms with Gasteiger partial charge >= 0.3 is 0 Å². The van der Waals surface area contributed by atoms with E-state index in [0.717, 1.165) is 10.8 Å². The largest absolute Gasteiger partial charge is 0.323 e. The monoisotopic (exact) mass is 328 g/mol. The van der Waals surface area contributed by atoms with Crippen LogP contribution in [0.3, 0.4) is 0 Å². The second-order valence-electron chi connectivity index (χ2n) is 5.63. The Hall–Kier alpha value is -3.72. The van der Waals surface area contributed by atoms with E-state index in [1.165, 1.54) is 4.90 Å². The van der Waals surface area contributed by atoms with E-state index < -0.39 is 5.91 Å². The Kier molecular flexibility index (Phi) is 3.40. The van der Waals surface area contributed by atoms with Crippen LogP contribution in [0.5, 0.6) is 0 Å². The van der Waals surface area contributed by atoms with E-state index >= 15 is 0 Å². The standard InChI is InChI=1S/C19H12N4O2/c20-11-13-5-3-7-16(21-13)23-15-9-8-12-4-1-2-6-14(12)19(15)22-17(24)10-18(23)25/h1-9H,10H2,(H,22,24). The Bertz CT molecular complexity index is 1070. The number of fused-ring (bicyclic) bond motifs is 3. The second kappa shape index (κ2) is 5.73. The van der Waals surface area contributed by atoms with Crippen LogP contribution in [-0.2, 0) is 9.59 Å². The fourth-order valence-electron chi connectivity index (χ4n) is 2.97. The summed E-state index contributed by atoms with van der Waals surface area (Å²) < 4.78 is 0. The van der Waals surface area contributed by atoms with Crippen molar-refractivity contribution in [2.45, 2.75) is 6.42 Å². The first kappa shape index (κ1) is 14.8. The number of anilines is 3. The fourth-order valence-corrected chi connectivity index (χ4v) is 2.97. The number of aromatic nitrogens is 1. The summed E-state index contributed by atoms with van der Waals surface area (Å²) in [6.45, 7) is 0. The van der Waals surface area contributed by atoms with Gasteiger partial charge in [0.15, 0.2) is 0 Å². The number of nitrogens with one attached hydrogen (secondary N) is 1. The number of nitriles is 1. The minimum absolute atomic E-state index is 0.205. The number of pyridine rings is 1. The topological polar surface area (TPSA) is 86.1 Å². The van der Waals surface area contributed by atoms with Gasteiger partial charge in [0.2, 0.25) is 11.8 Å². The number of amides is 2. The number of rotatable bonds is 1. The molecule has 0 fully saturated rings. The van der Waals surface area contributed by atoms with Crippen LogP contribution in [0.15, 0.2) is 54.6 Å². The van der Waals surface area contributed by atoms with Crippen LogP contribution in [0.2, 0.25) is 0 Å². The molecular formula is C19H12N4O2. The van der Waals surface area contributed by atoms with E-state index in [2.05, 4.69) is 10.3 Å². The average Bonchev–Trinajstić information content (AvgIpc) is 2.76. The molecule has 0 radical (unpaired) electrons. The molecule has 0 spiro atoms. The predicted octanol–water partition coefficient (Wildman–Crippen LogP) is 3.11. The Morgan fingerprint density at radius 2 is 1.88 bits per heavy atom. The molecule has 4 rings (SSSR count). The van der Waals surface area contributed by atoms with Gasteiger partial charge in [0.1, 0.15) is 24.0 Å². The second-order valence-corrected chi connectivity index (χ2v) is 5.63. The van der Waals surface area contributed by atoms with Crippen molar-refractivity contribution in [2.24, 2.45) is 0 Å². The summed E-state index contributed by atoms with van der Waals surface area (Å²) in [6, 6.07) is 18.1. The molecule has 3 aromatic rings. The van der Waals surface area contributed by atoms with Crippen molar-refractivity contribution in [3.8, 4) is 6.07 Å². The predicted molar refractivity (Wildman–Crippen MR) is 93.3 cm³/mol. The van der Waals surface area contributed by atoms with Crippen molar-refractivity contribution in [2.75, 3.05) is 10.2 Å². The minimum Gasteiger partial charge on any atom is -0.323 e. The van der Waals surface area contributed by atoms with Gasteiger partial charge in [-0.05, 0) is 23.6 Å². The first-order chi connectivity index (χ1) is 12.2. The molecule has 6 nitrogen and oxygen atoms in total. The fraction of sp³-hybridized carbons (Fsp3) is 0.0526. The average molecular weight is 328 g/mol. The molecule has 120 valence electrons. The number of carbonyl (C=O) groups excluding carboxylic acids is 2. The van der Waals surface area contributed by atoms with Gasteiger partial charge in [-0.2, -0.15) is 5.26 Å². The van der Waals surface area contributed by atoms with Gasteiger partial charge in [-0.15, -0.1) is 0 Å². The molecule has 0 aliphatic carbocycles. The summed E-state index contributed by atoms with van der Waals surface area (Å²) in [7, 11) is 0. The van der Waals surface area contributed by atoms with Gasteiger partial charge in [-0.25, -0.2) is 4.98 Å². The molecule has 0 saturated heterocycles. The van der Waals surface area contributed by atoms with Gasteiger partial charge in [0.25, 0.3) is 0 Å². The number of hydrogen-bond acceptors (Lipinski definition) is 4. The maximum Gasteiger partial charge on any atom is 0.242 e. The zero-order chi connectivity index (χ0) is 17.4. The molecule has 0 bridgehead atoms. The lowest BCUT2D eigenvalue weighted by atomic mass is 10.1. The van der Waals surface area contributed by atoms with E-state index in [-0.39, 0.29) is 18.0 Å². The normalized spacial score (nSPS) is 13.8. The Morgan fingerprint density at radius 1 is 1.04 bits per heavy atom. The molecule has 1 aromatic heterocycles. The number of hydrogen-bond donors (Lipinski definition) is 1. The highest BCUT2D eigenvalue weighted by Crippen LogP contribution is 2.39. The van der Waals surface area contributed by atoms with Crippen molar-refractivity contribution >= 4 is 39.8 Å². The van der Waals surface area contributed by atoms with Gasteiger partial charge in [0.05, 0.1) is 11.4 Å². The molecule has 0 saturated carbocycles. The first-order valence-electron chi connectivity index (χ1n) is 7.69. The van der Waals surface area contributed by atoms with Crippen molar-refractivity contribution in [1.82, 2.24) is 4.98 Å².